The van der Waals surface area contributed by atoms with E-state index in [4.69, 9.17) is 25.8 Å². The van der Waals surface area contributed by atoms with Crippen molar-refractivity contribution in [1.82, 2.24) is 24.4 Å². The molecule has 4 heterocycles. The van der Waals surface area contributed by atoms with E-state index < -0.39 is 12.0 Å². The smallest absolute Gasteiger partial charge is 0.167 e. The summed E-state index contributed by atoms with van der Waals surface area (Å²) in [5.74, 6) is 5.60. The molecule has 11 nitrogen and oxygen atoms in total. The number of hydrogen-bond donors (Lipinski definition) is 2. The quantitative estimate of drug-likeness (QED) is 0.433. The Hall–Kier alpha value is -1.89. The number of anilines is 1. The number of aromatic nitrogens is 4. The predicted molar refractivity (Wildman–Crippen MR) is 114 cm³/mol. The average Bonchev–Trinajstić information content (AvgIpc) is 3.35. The summed E-state index contributed by atoms with van der Waals surface area (Å²) in [6, 6.07) is 0. The minimum absolute atomic E-state index is 0.158. The molecule has 0 bridgehead atoms. The summed E-state index contributed by atoms with van der Waals surface area (Å²) in [6.45, 7) is 8.09. The zero-order valence-corrected chi connectivity index (χ0v) is 18.7. The van der Waals surface area contributed by atoms with Gasteiger partial charge in [-0.05, 0) is 40.3 Å². The first-order valence-electron chi connectivity index (χ1n) is 10.8. The fourth-order valence-corrected chi connectivity index (χ4v) is 4.47. The van der Waals surface area contributed by atoms with Gasteiger partial charge in [0.05, 0.1) is 6.61 Å². The van der Waals surface area contributed by atoms with Gasteiger partial charge in [0.25, 0.3) is 0 Å². The van der Waals surface area contributed by atoms with Gasteiger partial charge in [0, 0.05) is 13.0 Å². The standard InChI is InChI=1S/C20H33N7O4/c1-5-13-25-14-17(21)23-11-24-18(14)27(13)19-16-15(30-20(2,3)31-16)12(29-19)10-26(4)8-6-7-9-28-22/h11-12,15-16,19H,5-10,22H2,1-4H3,(H2,21,23,24)/t12-,15-,16-,19-/m1/s1. The minimum Gasteiger partial charge on any atom is -0.382 e. The second kappa shape index (κ2) is 8.93. The third-order valence-electron chi connectivity index (χ3n) is 5.82. The highest BCUT2D eigenvalue weighted by Gasteiger charge is 2.56. The second-order valence-corrected chi connectivity index (χ2v) is 8.65. The summed E-state index contributed by atoms with van der Waals surface area (Å²) < 4.78 is 21.1. The molecule has 0 spiro atoms. The van der Waals surface area contributed by atoms with E-state index in [1.54, 1.807) is 0 Å². The summed E-state index contributed by atoms with van der Waals surface area (Å²) in [4.78, 5) is 20.1. The lowest BCUT2D eigenvalue weighted by Gasteiger charge is -2.27. The first-order valence-corrected chi connectivity index (χ1v) is 10.8. The molecular weight excluding hydrogens is 402 g/mol. The third-order valence-corrected chi connectivity index (χ3v) is 5.82. The molecule has 31 heavy (non-hydrogen) atoms. The number of nitrogens with zero attached hydrogens (tertiary/aromatic N) is 5. The number of likely N-dealkylation sites (N-methyl/N-ethyl adjacent to an activating group) is 1. The molecule has 11 heteroatoms. The van der Waals surface area contributed by atoms with Crippen LogP contribution in [0.25, 0.3) is 11.2 Å². The molecule has 0 amide bonds. The van der Waals surface area contributed by atoms with Gasteiger partial charge in [0.15, 0.2) is 29.0 Å². The molecule has 2 fully saturated rings. The molecule has 2 aliphatic rings. The molecule has 2 aliphatic heterocycles. The van der Waals surface area contributed by atoms with E-state index in [1.807, 2.05) is 25.3 Å². The van der Waals surface area contributed by atoms with Crippen molar-refractivity contribution in [1.29, 1.82) is 0 Å². The van der Waals surface area contributed by atoms with Crippen molar-refractivity contribution in [3.05, 3.63) is 12.2 Å². The molecular formula is C20H33N7O4. The Bertz CT molecular complexity index is 905. The van der Waals surface area contributed by atoms with Gasteiger partial charge < -0.3 is 29.7 Å². The fourth-order valence-electron chi connectivity index (χ4n) is 4.47. The average molecular weight is 436 g/mol. The molecule has 0 aliphatic carbocycles. The van der Waals surface area contributed by atoms with Gasteiger partial charge in [-0.3, -0.25) is 4.57 Å². The van der Waals surface area contributed by atoms with E-state index in [2.05, 4.69) is 31.7 Å². The van der Waals surface area contributed by atoms with Crippen molar-refractivity contribution >= 4 is 17.0 Å². The number of fused-ring (bicyclic) bond motifs is 2. The maximum atomic E-state index is 6.54. The Morgan fingerprint density at radius 1 is 1.23 bits per heavy atom. The van der Waals surface area contributed by atoms with Gasteiger partial charge in [-0.1, -0.05) is 6.92 Å². The van der Waals surface area contributed by atoms with Crippen LogP contribution in [0.4, 0.5) is 5.82 Å². The van der Waals surface area contributed by atoms with E-state index >= 15 is 0 Å². The van der Waals surface area contributed by atoms with E-state index in [0.717, 1.165) is 25.2 Å². The summed E-state index contributed by atoms with van der Waals surface area (Å²) in [6.07, 6.45) is 3.01. The third kappa shape index (κ3) is 4.38. The van der Waals surface area contributed by atoms with Crippen LogP contribution >= 0.6 is 0 Å². The number of ether oxygens (including phenoxy) is 3. The topological polar surface area (TPSA) is 136 Å². The monoisotopic (exact) mass is 435 g/mol. The minimum atomic E-state index is -0.691. The zero-order valence-electron chi connectivity index (χ0n) is 18.7. The van der Waals surface area contributed by atoms with Crippen LogP contribution in [0.3, 0.4) is 0 Å². The van der Waals surface area contributed by atoms with Crippen molar-refractivity contribution in [2.45, 2.75) is 70.4 Å². The molecule has 0 radical (unpaired) electrons. The molecule has 0 aromatic carbocycles. The number of imidazole rings is 1. The Kier molecular flexibility index (Phi) is 6.42. The highest BCUT2D eigenvalue weighted by Crippen LogP contribution is 2.44. The highest BCUT2D eigenvalue weighted by atomic mass is 16.8. The van der Waals surface area contributed by atoms with Crippen LogP contribution in [0, 0.1) is 0 Å². The molecule has 172 valence electrons. The van der Waals surface area contributed by atoms with Gasteiger partial charge >= 0.3 is 0 Å². The molecule has 2 aromatic rings. The number of aryl methyl sites for hydroxylation is 1. The fraction of sp³-hybridized carbons (Fsp3) is 0.750. The van der Waals surface area contributed by atoms with Crippen LogP contribution in [0.2, 0.25) is 0 Å². The Balaban J connectivity index is 1.59. The number of nitrogen functional groups attached to an aromatic ring is 1. The lowest BCUT2D eigenvalue weighted by atomic mass is 10.1. The van der Waals surface area contributed by atoms with Crippen LogP contribution in [0.15, 0.2) is 6.33 Å². The largest absolute Gasteiger partial charge is 0.382 e. The molecule has 4 rings (SSSR count). The van der Waals surface area contributed by atoms with E-state index in [0.29, 0.717) is 36.6 Å². The van der Waals surface area contributed by atoms with Gasteiger partial charge in [0.1, 0.15) is 30.5 Å². The van der Waals surface area contributed by atoms with Gasteiger partial charge in [-0.15, -0.1) is 0 Å². The summed E-state index contributed by atoms with van der Waals surface area (Å²) in [5, 5.41) is 0. The Labute approximate surface area is 182 Å². The first kappa shape index (κ1) is 22.3. The molecule has 2 saturated heterocycles. The lowest BCUT2D eigenvalue weighted by molar-refractivity contribution is -0.197. The van der Waals surface area contributed by atoms with Crippen molar-refractivity contribution in [3.63, 3.8) is 0 Å². The van der Waals surface area contributed by atoms with E-state index in [-0.39, 0.29) is 18.3 Å². The van der Waals surface area contributed by atoms with Gasteiger partial charge in [0.2, 0.25) is 0 Å². The molecule has 2 aromatic heterocycles. The Morgan fingerprint density at radius 2 is 2.00 bits per heavy atom. The maximum Gasteiger partial charge on any atom is 0.167 e. The number of rotatable bonds is 9. The molecule has 0 unspecified atom stereocenters. The number of nitrogens with two attached hydrogens (primary N) is 2. The zero-order chi connectivity index (χ0) is 22.2. The SMILES string of the molecule is CCc1nc2c(N)ncnc2n1[C@@H]1O[C@H](CN(C)CCCCON)[C@H]2OC(C)(C)O[C@H]21. The molecule has 0 saturated carbocycles. The molecule has 4 N–H and O–H groups in total. The first-order chi connectivity index (χ1) is 14.8. The summed E-state index contributed by atoms with van der Waals surface area (Å²) in [7, 11) is 2.08. The number of unbranched alkanes of at least 4 members (excludes halogenated alkanes) is 1. The van der Waals surface area contributed by atoms with E-state index in [9.17, 15) is 0 Å². The van der Waals surface area contributed by atoms with Crippen LogP contribution in [0.1, 0.15) is 45.7 Å². The highest BCUT2D eigenvalue weighted by molar-refractivity contribution is 5.81. The Morgan fingerprint density at radius 3 is 2.74 bits per heavy atom. The molecule has 4 atom stereocenters. The van der Waals surface area contributed by atoms with Crippen molar-refractivity contribution < 1.29 is 19.0 Å². The number of hydrogen-bond acceptors (Lipinski definition) is 10. The van der Waals surface area contributed by atoms with E-state index in [1.165, 1.54) is 6.33 Å². The van der Waals surface area contributed by atoms with Crippen molar-refractivity contribution in [2.75, 3.05) is 32.5 Å². The predicted octanol–water partition coefficient (Wildman–Crippen LogP) is 0.991. The van der Waals surface area contributed by atoms with Crippen LogP contribution in [-0.4, -0.2) is 75.3 Å². The van der Waals surface area contributed by atoms with Crippen LogP contribution in [0.5, 0.6) is 0 Å². The van der Waals surface area contributed by atoms with Gasteiger partial charge in [-0.2, -0.15) is 0 Å². The van der Waals surface area contributed by atoms with Crippen molar-refractivity contribution in [3.8, 4) is 0 Å². The second-order valence-electron chi connectivity index (χ2n) is 8.65. The van der Waals surface area contributed by atoms with Crippen LogP contribution < -0.4 is 11.6 Å². The van der Waals surface area contributed by atoms with Crippen LogP contribution in [-0.2, 0) is 25.5 Å². The summed E-state index contributed by atoms with van der Waals surface area (Å²) >= 11 is 0. The van der Waals surface area contributed by atoms with Crippen molar-refractivity contribution in [2.24, 2.45) is 5.90 Å². The summed E-state index contributed by atoms with van der Waals surface area (Å²) in [5.41, 5.74) is 7.29. The normalized spacial score (nSPS) is 27.4. The van der Waals surface area contributed by atoms with Gasteiger partial charge in [-0.25, -0.2) is 20.8 Å². The maximum absolute atomic E-state index is 6.54. The lowest BCUT2D eigenvalue weighted by Crippen LogP contribution is -2.38.